The van der Waals surface area contributed by atoms with Gasteiger partial charge in [0.15, 0.2) is 0 Å². The molecule has 2 aliphatic heterocycles. The van der Waals surface area contributed by atoms with Crippen LogP contribution < -0.4 is 10.2 Å². The van der Waals surface area contributed by atoms with E-state index in [4.69, 9.17) is 0 Å². The maximum atomic E-state index is 12.2. The van der Waals surface area contributed by atoms with Crippen molar-refractivity contribution in [1.82, 2.24) is 4.90 Å². The lowest BCUT2D eigenvalue weighted by molar-refractivity contribution is 0.200. The minimum atomic E-state index is 0.0410. The normalized spacial score (nSPS) is 20.0. The Labute approximate surface area is 133 Å². The first kappa shape index (κ1) is 15.2. The summed E-state index contributed by atoms with van der Waals surface area (Å²) < 4.78 is 0. The Morgan fingerprint density at radius 1 is 1.00 bits per heavy atom. The molecule has 0 unspecified atom stereocenters. The van der Waals surface area contributed by atoms with Crippen LogP contribution in [0.1, 0.15) is 39.0 Å². The third-order valence-electron chi connectivity index (χ3n) is 4.91. The van der Waals surface area contributed by atoms with Crippen molar-refractivity contribution in [1.29, 1.82) is 0 Å². The highest BCUT2D eigenvalue weighted by Crippen LogP contribution is 2.24. The van der Waals surface area contributed by atoms with Crippen molar-refractivity contribution in [3.8, 4) is 0 Å². The van der Waals surface area contributed by atoms with E-state index >= 15 is 0 Å². The van der Waals surface area contributed by atoms with Gasteiger partial charge in [0, 0.05) is 37.6 Å². The molecule has 1 N–H and O–H groups in total. The highest BCUT2D eigenvalue weighted by atomic mass is 16.2. The monoisotopic (exact) mass is 301 g/mol. The molecule has 1 aromatic carbocycles. The van der Waals surface area contributed by atoms with Crippen molar-refractivity contribution in [2.75, 3.05) is 36.4 Å². The smallest absolute Gasteiger partial charge is 0.321 e. The number of anilines is 2. The summed E-state index contributed by atoms with van der Waals surface area (Å²) in [4.78, 5) is 16.6. The maximum absolute atomic E-state index is 12.2. The van der Waals surface area contributed by atoms with Crippen LogP contribution in [0.15, 0.2) is 24.3 Å². The molecule has 2 amide bonds. The number of benzene rings is 1. The van der Waals surface area contributed by atoms with E-state index in [2.05, 4.69) is 29.3 Å². The average Bonchev–Trinajstić information content (AvgIpc) is 2.57. The number of hydrogen-bond donors (Lipinski definition) is 1. The summed E-state index contributed by atoms with van der Waals surface area (Å²) >= 11 is 0. The highest BCUT2D eigenvalue weighted by Gasteiger charge is 2.17. The van der Waals surface area contributed by atoms with E-state index in [1.165, 1.54) is 24.9 Å². The highest BCUT2D eigenvalue weighted by molar-refractivity contribution is 5.89. The van der Waals surface area contributed by atoms with Gasteiger partial charge in [0.25, 0.3) is 0 Å². The molecule has 0 bridgehead atoms. The van der Waals surface area contributed by atoms with E-state index in [0.717, 1.165) is 50.6 Å². The zero-order valence-corrected chi connectivity index (χ0v) is 13.6. The van der Waals surface area contributed by atoms with Crippen molar-refractivity contribution in [2.24, 2.45) is 5.92 Å². The molecular weight excluding hydrogens is 274 g/mol. The van der Waals surface area contributed by atoms with Gasteiger partial charge in [-0.15, -0.1) is 0 Å². The van der Waals surface area contributed by atoms with E-state index in [1.807, 2.05) is 17.0 Å². The molecule has 0 saturated carbocycles. The van der Waals surface area contributed by atoms with Gasteiger partial charge in [-0.2, -0.15) is 0 Å². The number of carbonyl (C=O) groups is 1. The zero-order chi connectivity index (χ0) is 15.4. The molecule has 1 aromatic rings. The van der Waals surface area contributed by atoms with Crippen LogP contribution in [0.2, 0.25) is 0 Å². The summed E-state index contributed by atoms with van der Waals surface area (Å²) in [6.45, 7) is 6.38. The van der Waals surface area contributed by atoms with Crippen LogP contribution in [0.25, 0.3) is 0 Å². The molecule has 0 radical (unpaired) electrons. The van der Waals surface area contributed by atoms with Crippen molar-refractivity contribution in [2.45, 2.75) is 39.0 Å². The van der Waals surface area contributed by atoms with E-state index in [9.17, 15) is 4.79 Å². The zero-order valence-electron chi connectivity index (χ0n) is 13.6. The van der Waals surface area contributed by atoms with E-state index in [0.29, 0.717) is 0 Å². The van der Waals surface area contributed by atoms with Crippen LogP contribution in [-0.2, 0) is 0 Å². The van der Waals surface area contributed by atoms with Gasteiger partial charge in [-0.05, 0) is 62.3 Å². The topological polar surface area (TPSA) is 35.6 Å². The summed E-state index contributed by atoms with van der Waals surface area (Å²) in [5.74, 6) is 0.847. The van der Waals surface area contributed by atoms with Crippen LogP contribution >= 0.6 is 0 Å². The molecule has 0 spiro atoms. The fourth-order valence-electron chi connectivity index (χ4n) is 3.32. The summed E-state index contributed by atoms with van der Waals surface area (Å²) in [6, 6.07) is 8.34. The van der Waals surface area contributed by atoms with Crippen LogP contribution in [0, 0.1) is 5.92 Å². The maximum Gasteiger partial charge on any atom is 0.321 e. The van der Waals surface area contributed by atoms with Gasteiger partial charge in [0.1, 0.15) is 0 Å². The lowest BCUT2D eigenvalue weighted by Crippen LogP contribution is -2.38. The lowest BCUT2D eigenvalue weighted by Gasteiger charge is -2.32. The molecule has 2 fully saturated rings. The van der Waals surface area contributed by atoms with Gasteiger partial charge in [0.05, 0.1) is 0 Å². The summed E-state index contributed by atoms with van der Waals surface area (Å²) in [5, 5.41) is 3.02. The predicted molar refractivity (Wildman–Crippen MR) is 91.5 cm³/mol. The first-order chi connectivity index (χ1) is 10.7. The van der Waals surface area contributed by atoms with Gasteiger partial charge < -0.3 is 15.1 Å². The predicted octanol–water partition coefficient (Wildman–Crippen LogP) is 3.94. The SMILES string of the molecule is CC1CCN(c2ccc(NC(=O)N3CCCCC3)cc2)CC1. The molecule has 22 heavy (non-hydrogen) atoms. The van der Waals surface area contributed by atoms with Crippen LogP contribution in [-0.4, -0.2) is 37.1 Å². The van der Waals surface area contributed by atoms with Gasteiger partial charge in [-0.25, -0.2) is 4.79 Å². The standard InChI is InChI=1S/C18H27N3O/c1-15-9-13-20(14-10-15)17-7-5-16(6-8-17)19-18(22)21-11-3-2-4-12-21/h5-8,15H,2-4,9-14H2,1H3,(H,19,22). The summed E-state index contributed by atoms with van der Waals surface area (Å²) in [5.41, 5.74) is 2.16. The molecule has 0 aromatic heterocycles. The van der Waals surface area contributed by atoms with Gasteiger partial charge >= 0.3 is 6.03 Å². The Kier molecular flexibility index (Phi) is 4.86. The number of carbonyl (C=O) groups excluding carboxylic acids is 1. The first-order valence-electron chi connectivity index (χ1n) is 8.63. The molecule has 4 heteroatoms. The van der Waals surface area contributed by atoms with Crippen molar-refractivity contribution >= 4 is 17.4 Å². The summed E-state index contributed by atoms with van der Waals surface area (Å²) in [7, 11) is 0. The first-order valence-corrected chi connectivity index (χ1v) is 8.63. The van der Waals surface area contributed by atoms with Crippen molar-refractivity contribution < 1.29 is 4.79 Å². The lowest BCUT2D eigenvalue weighted by atomic mass is 9.99. The number of amides is 2. The Bertz CT molecular complexity index is 486. The molecule has 4 nitrogen and oxygen atoms in total. The Balaban J connectivity index is 1.56. The van der Waals surface area contributed by atoms with Gasteiger partial charge in [0.2, 0.25) is 0 Å². The van der Waals surface area contributed by atoms with Crippen molar-refractivity contribution in [3.05, 3.63) is 24.3 Å². The van der Waals surface area contributed by atoms with Crippen LogP contribution in [0.5, 0.6) is 0 Å². The molecule has 120 valence electrons. The number of rotatable bonds is 2. The second-order valence-electron chi connectivity index (χ2n) is 6.69. The molecular formula is C18H27N3O. The Hall–Kier alpha value is -1.71. The number of likely N-dealkylation sites (tertiary alicyclic amines) is 1. The number of nitrogens with one attached hydrogen (secondary N) is 1. The molecule has 0 atom stereocenters. The summed E-state index contributed by atoms with van der Waals surface area (Å²) in [6.07, 6.45) is 6.04. The Morgan fingerprint density at radius 2 is 1.64 bits per heavy atom. The van der Waals surface area contributed by atoms with Crippen LogP contribution in [0.3, 0.4) is 0 Å². The minimum absolute atomic E-state index is 0.0410. The van der Waals surface area contributed by atoms with E-state index < -0.39 is 0 Å². The molecule has 2 heterocycles. The number of urea groups is 1. The third kappa shape index (κ3) is 3.73. The van der Waals surface area contributed by atoms with E-state index in [-0.39, 0.29) is 6.03 Å². The largest absolute Gasteiger partial charge is 0.372 e. The van der Waals surface area contributed by atoms with Gasteiger partial charge in [-0.1, -0.05) is 6.92 Å². The quantitative estimate of drug-likeness (QED) is 0.898. The molecule has 3 rings (SSSR count). The average molecular weight is 301 g/mol. The Morgan fingerprint density at radius 3 is 2.27 bits per heavy atom. The molecule has 0 aliphatic carbocycles. The van der Waals surface area contributed by atoms with Crippen LogP contribution in [0.4, 0.5) is 16.2 Å². The number of nitrogens with zero attached hydrogens (tertiary/aromatic N) is 2. The molecule has 2 saturated heterocycles. The second-order valence-corrected chi connectivity index (χ2v) is 6.69. The number of hydrogen-bond acceptors (Lipinski definition) is 2. The fraction of sp³-hybridized carbons (Fsp3) is 0.611. The van der Waals surface area contributed by atoms with Crippen molar-refractivity contribution in [3.63, 3.8) is 0 Å². The second kappa shape index (κ2) is 7.03. The van der Waals surface area contributed by atoms with E-state index in [1.54, 1.807) is 0 Å². The third-order valence-corrected chi connectivity index (χ3v) is 4.91. The molecule has 2 aliphatic rings. The number of piperidine rings is 2. The van der Waals surface area contributed by atoms with Gasteiger partial charge in [-0.3, -0.25) is 0 Å². The fourth-order valence-corrected chi connectivity index (χ4v) is 3.32. The minimum Gasteiger partial charge on any atom is -0.372 e.